The smallest absolute Gasteiger partial charge is 0.0630 e. The van der Waals surface area contributed by atoms with Crippen LogP contribution >= 0.6 is 15.9 Å². The van der Waals surface area contributed by atoms with Gasteiger partial charge in [0.2, 0.25) is 0 Å². The van der Waals surface area contributed by atoms with Gasteiger partial charge in [0, 0.05) is 30.7 Å². The van der Waals surface area contributed by atoms with Crippen molar-refractivity contribution in [3.8, 4) is 0 Å². The molecule has 16 heavy (non-hydrogen) atoms. The molecule has 1 atom stereocenters. The average molecular weight is 287 g/mol. The summed E-state index contributed by atoms with van der Waals surface area (Å²) >= 11 is 3.43. The molecule has 0 bridgehead atoms. The van der Waals surface area contributed by atoms with Crippen LogP contribution in [0.1, 0.15) is 5.56 Å². The van der Waals surface area contributed by atoms with Crippen LogP contribution in [-0.4, -0.2) is 38.3 Å². The molecule has 0 saturated carbocycles. The molecule has 1 rings (SSSR count). The molecule has 0 fully saturated rings. The lowest BCUT2D eigenvalue weighted by atomic mass is 10.2. The van der Waals surface area contributed by atoms with Crippen LogP contribution in [0.25, 0.3) is 0 Å². The zero-order valence-electron chi connectivity index (χ0n) is 9.82. The molecule has 0 radical (unpaired) electrons. The number of hydrogen-bond acceptors (Lipinski definition) is 3. The van der Waals surface area contributed by atoms with Crippen LogP contribution in [0, 0.1) is 0 Å². The zero-order valence-corrected chi connectivity index (χ0v) is 11.4. The van der Waals surface area contributed by atoms with E-state index in [4.69, 9.17) is 10.5 Å². The molecule has 1 aromatic carbocycles. The van der Waals surface area contributed by atoms with E-state index in [0.717, 1.165) is 11.0 Å². The molecular weight excluding hydrogens is 268 g/mol. The number of likely N-dealkylation sites (N-methyl/N-ethyl adjacent to an activating group) is 1. The third-order valence-electron chi connectivity index (χ3n) is 2.60. The van der Waals surface area contributed by atoms with Crippen LogP contribution in [0.4, 0.5) is 0 Å². The molecule has 0 aliphatic heterocycles. The van der Waals surface area contributed by atoms with Gasteiger partial charge in [0.05, 0.1) is 6.61 Å². The Morgan fingerprint density at radius 1 is 1.38 bits per heavy atom. The maximum Gasteiger partial charge on any atom is 0.0630 e. The van der Waals surface area contributed by atoms with E-state index in [2.05, 4.69) is 52.1 Å². The summed E-state index contributed by atoms with van der Waals surface area (Å²) in [6.07, 6.45) is 0. The van der Waals surface area contributed by atoms with E-state index in [1.54, 1.807) is 7.11 Å². The van der Waals surface area contributed by atoms with Gasteiger partial charge in [-0.2, -0.15) is 0 Å². The molecule has 0 aromatic heterocycles. The molecule has 2 N–H and O–H groups in total. The van der Waals surface area contributed by atoms with Gasteiger partial charge < -0.3 is 10.5 Å². The Hall–Kier alpha value is -0.420. The van der Waals surface area contributed by atoms with Gasteiger partial charge in [-0.15, -0.1) is 0 Å². The second-order valence-corrected chi connectivity index (χ2v) is 4.80. The van der Waals surface area contributed by atoms with Crippen molar-refractivity contribution in [1.29, 1.82) is 0 Å². The second-order valence-electron chi connectivity index (χ2n) is 3.89. The van der Waals surface area contributed by atoms with Gasteiger partial charge in [-0.05, 0) is 24.7 Å². The average Bonchev–Trinajstić information content (AvgIpc) is 2.29. The summed E-state index contributed by atoms with van der Waals surface area (Å²) in [6, 6.07) is 8.60. The Morgan fingerprint density at radius 2 is 2.00 bits per heavy atom. The third kappa shape index (κ3) is 4.22. The number of hydrogen-bond donors (Lipinski definition) is 1. The Kier molecular flexibility index (Phi) is 5.98. The number of benzene rings is 1. The summed E-state index contributed by atoms with van der Waals surface area (Å²) in [5.41, 5.74) is 6.99. The lowest BCUT2D eigenvalue weighted by molar-refractivity contribution is 0.106. The maximum absolute atomic E-state index is 5.71. The predicted molar refractivity (Wildman–Crippen MR) is 70.3 cm³/mol. The molecule has 3 nitrogen and oxygen atoms in total. The SMILES string of the molecule is COCC(CN)N(C)Cc1ccc(Br)cc1. The van der Waals surface area contributed by atoms with E-state index < -0.39 is 0 Å². The molecule has 0 spiro atoms. The van der Waals surface area contributed by atoms with Crippen molar-refractivity contribution < 1.29 is 4.74 Å². The van der Waals surface area contributed by atoms with Crippen LogP contribution in [0.2, 0.25) is 0 Å². The quantitative estimate of drug-likeness (QED) is 0.868. The van der Waals surface area contributed by atoms with Crippen molar-refractivity contribution in [2.75, 3.05) is 27.3 Å². The summed E-state index contributed by atoms with van der Waals surface area (Å²) < 4.78 is 6.25. The topological polar surface area (TPSA) is 38.5 Å². The van der Waals surface area contributed by atoms with E-state index in [-0.39, 0.29) is 6.04 Å². The Balaban J connectivity index is 2.55. The Labute approximate surface area is 106 Å². The van der Waals surface area contributed by atoms with Gasteiger partial charge in [-0.1, -0.05) is 28.1 Å². The Morgan fingerprint density at radius 3 is 2.50 bits per heavy atom. The number of rotatable bonds is 6. The van der Waals surface area contributed by atoms with Crippen molar-refractivity contribution in [1.82, 2.24) is 4.90 Å². The third-order valence-corrected chi connectivity index (χ3v) is 3.13. The van der Waals surface area contributed by atoms with E-state index in [0.29, 0.717) is 13.2 Å². The molecule has 0 heterocycles. The summed E-state index contributed by atoms with van der Waals surface area (Å²) in [5.74, 6) is 0. The first-order valence-corrected chi connectivity index (χ1v) is 6.10. The van der Waals surface area contributed by atoms with Crippen LogP contribution < -0.4 is 5.73 Å². The van der Waals surface area contributed by atoms with Crippen molar-refractivity contribution in [3.63, 3.8) is 0 Å². The van der Waals surface area contributed by atoms with E-state index in [1.165, 1.54) is 5.56 Å². The van der Waals surface area contributed by atoms with Crippen LogP contribution in [0.5, 0.6) is 0 Å². The lowest BCUT2D eigenvalue weighted by Gasteiger charge is -2.26. The molecule has 90 valence electrons. The standard InChI is InChI=1S/C12H19BrN2O/c1-15(12(7-14)9-16-2)8-10-3-5-11(13)6-4-10/h3-6,12H,7-9,14H2,1-2H3. The predicted octanol–water partition coefficient (Wildman–Crippen LogP) is 1.85. The second kappa shape index (κ2) is 7.01. The highest BCUT2D eigenvalue weighted by atomic mass is 79.9. The molecule has 1 unspecified atom stereocenters. The highest BCUT2D eigenvalue weighted by Gasteiger charge is 2.12. The fourth-order valence-corrected chi connectivity index (χ4v) is 1.84. The van der Waals surface area contributed by atoms with Crippen molar-refractivity contribution in [2.45, 2.75) is 12.6 Å². The van der Waals surface area contributed by atoms with Crippen LogP contribution in [-0.2, 0) is 11.3 Å². The fraction of sp³-hybridized carbons (Fsp3) is 0.500. The van der Waals surface area contributed by atoms with Crippen LogP contribution in [0.15, 0.2) is 28.7 Å². The molecular formula is C12H19BrN2O. The minimum absolute atomic E-state index is 0.272. The van der Waals surface area contributed by atoms with Gasteiger partial charge in [-0.3, -0.25) is 4.90 Å². The fourth-order valence-electron chi connectivity index (χ4n) is 1.57. The van der Waals surface area contributed by atoms with Gasteiger partial charge in [-0.25, -0.2) is 0 Å². The zero-order chi connectivity index (χ0) is 12.0. The molecule has 0 saturated heterocycles. The Bertz CT molecular complexity index is 302. The van der Waals surface area contributed by atoms with Gasteiger partial charge in [0.15, 0.2) is 0 Å². The lowest BCUT2D eigenvalue weighted by Crippen LogP contribution is -2.40. The number of ether oxygens (including phenoxy) is 1. The normalized spacial score (nSPS) is 13.1. The number of halogens is 1. The van der Waals surface area contributed by atoms with Crippen molar-refractivity contribution >= 4 is 15.9 Å². The summed E-state index contributed by atoms with van der Waals surface area (Å²) in [6.45, 7) is 2.17. The largest absolute Gasteiger partial charge is 0.383 e. The van der Waals surface area contributed by atoms with Crippen molar-refractivity contribution in [2.24, 2.45) is 5.73 Å². The van der Waals surface area contributed by atoms with Crippen molar-refractivity contribution in [3.05, 3.63) is 34.3 Å². The highest BCUT2D eigenvalue weighted by molar-refractivity contribution is 9.10. The summed E-state index contributed by atoms with van der Waals surface area (Å²) in [4.78, 5) is 2.22. The van der Waals surface area contributed by atoms with Gasteiger partial charge in [0.1, 0.15) is 0 Å². The molecule has 0 aliphatic carbocycles. The number of nitrogens with zero attached hydrogens (tertiary/aromatic N) is 1. The van der Waals surface area contributed by atoms with Gasteiger partial charge in [0.25, 0.3) is 0 Å². The first kappa shape index (κ1) is 13.6. The molecule has 0 aliphatic rings. The molecule has 1 aromatic rings. The van der Waals surface area contributed by atoms with E-state index in [9.17, 15) is 0 Å². The maximum atomic E-state index is 5.71. The van der Waals surface area contributed by atoms with E-state index in [1.807, 2.05) is 0 Å². The minimum atomic E-state index is 0.272. The number of nitrogens with two attached hydrogens (primary N) is 1. The van der Waals surface area contributed by atoms with Gasteiger partial charge >= 0.3 is 0 Å². The summed E-state index contributed by atoms with van der Waals surface area (Å²) in [5, 5.41) is 0. The monoisotopic (exact) mass is 286 g/mol. The molecule has 4 heteroatoms. The number of methoxy groups -OCH3 is 1. The summed E-state index contributed by atoms with van der Waals surface area (Å²) in [7, 11) is 3.77. The first-order chi connectivity index (χ1) is 7.67. The van der Waals surface area contributed by atoms with E-state index >= 15 is 0 Å². The highest BCUT2D eigenvalue weighted by Crippen LogP contribution is 2.12. The molecule has 0 amide bonds. The first-order valence-electron chi connectivity index (χ1n) is 5.31. The van der Waals surface area contributed by atoms with Crippen LogP contribution in [0.3, 0.4) is 0 Å². The minimum Gasteiger partial charge on any atom is -0.383 e.